The van der Waals surface area contributed by atoms with Gasteiger partial charge in [0, 0.05) is 23.2 Å². The summed E-state index contributed by atoms with van der Waals surface area (Å²) in [5.74, 6) is 1.37. The van der Waals surface area contributed by atoms with Crippen molar-refractivity contribution in [1.29, 1.82) is 0 Å². The zero-order valence-corrected chi connectivity index (χ0v) is 22.0. The highest BCUT2D eigenvalue weighted by atomic mass is 14.5. The predicted octanol–water partition coefficient (Wildman–Crippen LogP) is 8.36. The minimum atomic E-state index is 0.361. The topological polar surface area (TPSA) is 52.0 Å². The van der Waals surface area contributed by atoms with Gasteiger partial charge in [-0.3, -0.25) is 0 Å². The second-order valence-electron chi connectivity index (χ2n) is 10.3. The summed E-state index contributed by atoms with van der Waals surface area (Å²) in [6.07, 6.45) is 4.69. The lowest BCUT2D eigenvalue weighted by Crippen LogP contribution is -2.09. The average Bonchev–Trinajstić information content (AvgIpc) is 2.90. The third-order valence-electron chi connectivity index (χ3n) is 7.58. The molecule has 0 aromatic heterocycles. The number of hydrogen-bond donors (Lipinski definition) is 2. The van der Waals surface area contributed by atoms with E-state index in [-0.39, 0.29) is 0 Å². The molecule has 0 aliphatic rings. The van der Waals surface area contributed by atoms with Crippen molar-refractivity contribution < 1.29 is 0 Å². The van der Waals surface area contributed by atoms with Gasteiger partial charge in [0.05, 0.1) is 0 Å². The Morgan fingerprint density at radius 2 is 0.806 bits per heavy atom. The Morgan fingerprint density at radius 1 is 0.500 bits per heavy atom. The molecule has 0 aliphatic carbocycles. The van der Waals surface area contributed by atoms with Crippen molar-refractivity contribution in [2.45, 2.75) is 58.3 Å². The van der Waals surface area contributed by atoms with Crippen LogP contribution in [0.15, 0.2) is 97.1 Å². The number of nitrogen functional groups attached to an aromatic ring is 2. The summed E-state index contributed by atoms with van der Waals surface area (Å²) in [5, 5.41) is 0. The fourth-order valence-corrected chi connectivity index (χ4v) is 5.19. The van der Waals surface area contributed by atoms with Gasteiger partial charge < -0.3 is 11.5 Å². The summed E-state index contributed by atoms with van der Waals surface area (Å²) >= 11 is 0. The van der Waals surface area contributed by atoms with Crippen LogP contribution in [0.3, 0.4) is 0 Å². The van der Waals surface area contributed by atoms with Crippen LogP contribution in [0.25, 0.3) is 0 Å². The van der Waals surface area contributed by atoms with Crippen molar-refractivity contribution in [3.05, 3.63) is 130 Å². The molecule has 4 N–H and O–H groups in total. The van der Waals surface area contributed by atoms with Gasteiger partial charge in [-0.15, -0.1) is 0 Å². The van der Waals surface area contributed by atoms with Crippen molar-refractivity contribution in [2.24, 2.45) is 5.92 Å². The van der Waals surface area contributed by atoms with E-state index in [1.54, 1.807) is 0 Å². The van der Waals surface area contributed by atoms with E-state index in [0.29, 0.717) is 17.8 Å². The van der Waals surface area contributed by atoms with Gasteiger partial charge in [-0.1, -0.05) is 106 Å². The second kappa shape index (κ2) is 11.9. The van der Waals surface area contributed by atoms with E-state index in [1.165, 1.54) is 46.2 Å². The second-order valence-corrected chi connectivity index (χ2v) is 10.3. The first-order valence-corrected chi connectivity index (χ1v) is 13.3. The molecule has 2 atom stereocenters. The molecule has 4 aromatic rings. The number of nitrogens with two attached hydrogens (primary N) is 2. The summed E-state index contributed by atoms with van der Waals surface area (Å²) in [7, 11) is 0. The van der Waals surface area contributed by atoms with E-state index in [9.17, 15) is 0 Å². The van der Waals surface area contributed by atoms with Gasteiger partial charge in [0.1, 0.15) is 0 Å². The summed E-state index contributed by atoms with van der Waals surface area (Å²) in [6, 6.07) is 35.0. The first-order chi connectivity index (χ1) is 17.4. The SMILES string of the molecule is CCCC(Cc1ccc(C(C)c2ccc(N)cc2)cc1)Cc1ccc(C(C)c2ccc(N)cc2)cc1. The predicted molar refractivity (Wildman–Crippen MR) is 155 cm³/mol. The first kappa shape index (κ1) is 25.6. The number of benzene rings is 4. The quantitative estimate of drug-likeness (QED) is 0.226. The smallest absolute Gasteiger partial charge is 0.0314 e. The monoisotopic (exact) mass is 476 g/mol. The van der Waals surface area contributed by atoms with Crippen molar-refractivity contribution in [3.63, 3.8) is 0 Å². The van der Waals surface area contributed by atoms with Crippen molar-refractivity contribution in [2.75, 3.05) is 11.5 Å². The molecule has 0 bridgehead atoms. The summed E-state index contributed by atoms with van der Waals surface area (Å²) in [6.45, 7) is 6.82. The van der Waals surface area contributed by atoms with E-state index in [0.717, 1.165) is 24.2 Å². The van der Waals surface area contributed by atoms with Gasteiger partial charge >= 0.3 is 0 Å². The van der Waals surface area contributed by atoms with Crippen LogP contribution in [0, 0.1) is 5.92 Å². The molecular weight excluding hydrogens is 436 g/mol. The zero-order valence-electron chi connectivity index (χ0n) is 22.0. The number of hydrogen-bond acceptors (Lipinski definition) is 2. The molecule has 2 nitrogen and oxygen atoms in total. The molecule has 0 radical (unpaired) electrons. The third kappa shape index (κ3) is 6.57. The Bertz CT molecular complexity index is 1110. The molecule has 36 heavy (non-hydrogen) atoms. The van der Waals surface area contributed by atoms with Crippen LogP contribution in [0.1, 0.15) is 78.8 Å². The molecule has 4 rings (SSSR count). The number of rotatable bonds is 10. The van der Waals surface area contributed by atoms with Crippen molar-refractivity contribution >= 4 is 11.4 Å². The van der Waals surface area contributed by atoms with E-state index < -0.39 is 0 Å². The van der Waals surface area contributed by atoms with E-state index >= 15 is 0 Å². The standard InChI is InChI=1S/C34H40N2/c1-4-5-28(22-26-6-10-29(11-7-26)24(2)31-14-18-33(35)19-15-31)23-27-8-12-30(13-9-27)25(3)32-16-20-34(36)21-17-32/h6-21,24-25,28H,4-5,22-23,35-36H2,1-3H3. The molecule has 0 fully saturated rings. The highest BCUT2D eigenvalue weighted by molar-refractivity contribution is 5.44. The van der Waals surface area contributed by atoms with Gasteiger partial charge in [0.2, 0.25) is 0 Å². The summed E-state index contributed by atoms with van der Waals surface area (Å²) < 4.78 is 0. The molecular formula is C34H40N2. The number of anilines is 2. The van der Waals surface area contributed by atoms with Crippen LogP contribution in [-0.4, -0.2) is 0 Å². The van der Waals surface area contributed by atoms with E-state index in [4.69, 9.17) is 11.5 Å². The fraction of sp³-hybridized carbons (Fsp3) is 0.294. The largest absolute Gasteiger partial charge is 0.399 e. The molecule has 0 spiro atoms. The zero-order chi connectivity index (χ0) is 25.5. The van der Waals surface area contributed by atoms with E-state index in [1.807, 2.05) is 24.3 Å². The van der Waals surface area contributed by atoms with Gasteiger partial charge in [-0.05, 0) is 76.4 Å². The Morgan fingerprint density at radius 3 is 1.11 bits per heavy atom. The molecule has 0 heterocycles. The Labute approximate surface area is 217 Å². The summed E-state index contributed by atoms with van der Waals surface area (Å²) in [4.78, 5) is 0. The lowest BCUT2D eigenvalue weighted by atomic mass is 9.86. The average molecular weight is 477 g/mol. The Balaban J connectivity index is 1.39. The Kier molecular flexibility index (Phi) is 8.48. The van der Waals surface area contributed by atoms with Crippen LogP contribution in [-0.2, 0) is 12.8 Å². The lowest BCUT2D eigenvalue weighted by Gasteiger charge is -2.19. The molecule has 0 aliphatic heterocycles. The fourth-order valence-electron chi connectivity index (χ4n) is 5.19. The molecule has 2 heteroatoms. The maximum Gasteiger partial charge on any atom is 0.0314 e. The van der Waals surface area contributed by atoms with Crippen LogP contribution in [0.4, 0.5) is 11.4 Å². The van der Waals surface area contributed by atoms with Crippen molar-refractivity contribution in [1.82, 2.24) is 0 Å². The minimum absolute atomic E-state index is 0.361. The molecule has 4 aromatic carbocycles. The third-order valence-corrected chi connectivity index (χ3v) is 7.58. The minimum Gasteiger partial charge on any atom is -0.399 e. The molecule has 0 saturated heterocycles. The van der Waals surface area contributed by atoms with Crippen molar-refractivity contribution in [3.8, 4) is 0 Å². The Hall–Kier alpha value is -3.52. The van der Waals surface area contributed by atoms with Crippen LogP contribution in [0.2, 0.25) is 0 Å². The highest BCUT2D eigenvalue weighted by Gasteiger charge is 2.14. The molecule has 2 unspecified atom stereocenters. The molecule has 0 amide bonds. The van der Waals surface area contributed by atoms with Gasteiger partial charge in [0.25, 0.3) is 0 Å². The molecule has 186 valence electrons. The lowest BCUT2D eigenvalue weighted by molar-refractivity contribution is 0.474. The highest BCUT2D eigenvalue weighted by Crippen LogP contribution is 2.28. The maximum atomic E-state index is 5.86. The van der Waals surface area contributed by atoms with Crippen LogP contribution in [0.5, 0.6) is 0 Å². The van der Waals surface area contributed by atoms with Gasteiger partial charge in [0.15, 0.2) is 0 Å². The van der Waals surface area contributed by atoms with Crippen LogP contribution >= 0.6 is 0 Å². The van der Waals surface area contributed by atoms with Gasteiger partial charge in [-0.2, -0.15) is 0 Å². The van der Waals surface area contributed by atoms with Gasteiger partial charge in [-0.25, -0.2) is 0 Å². The van der Waals surface area contributed by atoms with Crippen LogP contribution < -0.4 is 11.5 Å². The normalized spacial score (nSPS) is 13.8. The first-order valence-electron chi connectivity index (χ1n) is 13.3. The maximum absolute atomic E-state index is 5.86. The summed E-state index contributed by atoms with van der Waals surface area (Å²) in [5.41, 5.74) is 21.5. The van der Waals surface area contributed by atoms with E-state index in [2.05, 4.69) is 93.6 Å². The molecule has 0 saturated carbocycles.